The molecular formula is C13H19ClO. The van der Waals surface area contributed by atoms with Gasteiger partial charge in [0.05, 0.1) is 6.61 Å². The molecule has 0 saturated carbocycles. The number of hydrogen-bond acceptors (Lipinski definition) is 1. The maximum Gasteiger partial charge on any atom is 0.0522 e. The number of rotatable bonds is 4. The predicted molar refractivity (Wildman–Crippen MR) is 65.6 cm³/mol. The summed E-state index contributed by atoms with van der Waals surface area (Å²) in [6, 6.07) is 6.11. The Morgan fingerprint density at radius 2 is 2.00 bits per heavy atom. The minimum atomic E-state index is -0.214. The number of aliphatic hydroxyl groups excluding tert-OH is 1. The zero-order valence-electron chi connectivity index (χ0n) is 9.68. The minimum absolute atomic E-state index is 0.135. The lowest BCUT2D eigenvalue weighted by atomic mass is 9.85. The third-order valence-corrected chi connectivity index (χ3v) is 3.10. The van der Waals surface area contributed by atoms with Crippen LogP contribution in [0.1, 0.15) is 38.3 Å². The van der Waals surface area contributed by atoms with Crippen molar-refractivity contribution in [3.8, 4) is 0 Å². The van der Waals surface area contributed by atoms with Crippen molar-refractivity contribution in [2.45, 2.75) is 39.0 Å². The number of halogens is 1. The van der Waals surface area contributed by atoms with Gasteiger partial charge in [-0.05, 0) is 23.6 Å². The van der Waals surface area contributed by atoms with Crippen LogP contribution in [0.2, 0.25) is 5.02 Å². The van der Waals surface area contributed by atoms with Crippen molar-refractivity contribution in [1.29, 1.82) is 0 Å². The first-order valence-corrected chi connectivity index (χ1v) is 5.79. The SMILES string of the molecule is CCCc1ccc(C(C)(C)CO)cc1Cl. The highest BCUT2D eigenvalue weighted by Crippen LogP contribution is 2.27. The van der Waals surface area contributed by atoms with E-state index >= 15 is 0 Å². The van der Waals surface area contributed by atoms with Crippen molar-refractivity contribution < 1.29 is 5.11 Å². The second-order valence-electron chi connectivity index (χ2n) is 4.60. The van der Waals surface area contributed by atoms with Gasteiger partial charge in [0.1, 0.15) is 0 Å². The molecule has 84 valence electrons. The van der Waals surface area contributed by atoms with Gasteiger partial charge < -0.3 is 5.11 Å². The van der Waals surface area contributed by atoms with E-state index in [-0.39, 0.29) is 12.0 Å². The fourth-order valence-electron chi connectivity index (χ4n) is 1.53. The van der Waals surface area contributed by atoms with Gasteiger partial charge in [0.2, 0.25) is 0 Å². The molecule has 1 aromatic rings. The summed E-state index contributed by atoms with van der Waals surface area (Å²) >= 11 is 6.19. The zero-order valence-corrected chi connectivity index (χ0v) is 10.4. The first-order chi connectivity index (χ1) is 7.01. The molecule has 0 bridgehead atoms. The molecule has 0 spiro atoms. The topological polar surface area (TPSA) is 20.2 Å². The first kappa shape index (κ1) is 12.5. The van der Waals surface area contributed by atoms with Crippen LogP contribution >= 0.6 is 11.6 Å². The average molecular weight is 227 g/mol. The molecule has 0 amide bonds. The zero-order chi connectivity index (χ0) is 11.5. The Balaban J connectivity index is 3.01. The molecule has 0 saturated heterocycles. The summed E-state index contributed by atoms with van der Waals surface area (Å²) in [7, 11) is 0. The van der Waals surface area contributed by atoms with Gasteiger partial charge in [0.15, 0.2) is 0 Å². The van der Waals surface area contributed by atoms with Crippen LogP contribution in [-0.4, -0.2) is 11.7 Å². The molecule has 0 aliphatic carbocycles. The fourth-order valence-corrected chi connectivity index (χ4v) is 1.81. The standard InChI is InChI=1S/C13H19ClO/c1-4-5-10-6-7-11(8-12(10)14)13(2,3)9-15/h6-8,15H,4-5,9H2,1-3H3. The Kier molecular flexibility index (Phi) is 4.18. The van der Waals surface area contributed by atoms with Crippen molar-refractivity contribution in [1.82, 2.24) is 0 Å². The van der Waals surface area contributed by atoms with Crippen LogP contribution in [0.3, 0.4) is 0 Å². The Morgan fingerprint density at radius 3 is 2.47 bits per heavy atom. The Labute approximate surface area is 97.1 Å². The van der Waals surface area contributed by atoms with Crippen LogP contribution in [0.4, 0.5) is 0 Å². The molecule has 0 radical (unpaired) electrons. The van der Waals surface area contributed by atoms with Crippen LogP contribution in [0.15, 0.2) is 18.2 Å². The summed E-state index contributed by atoms with van der Waals surface area (Å²) in [6.07, 6.45) is 2.11. The molecule has 1 rings (SSSR count). The summed E-state index contributed by atoms with van der Waals surface area (Å²) in [5, 5.41) is 10.1. The smallest absolute Gasteiger partial charge is 0.0522 e. The van der Waals surface area contributed by atoms with Gasteiger partial charge in [-0.2, -0.15) is 0 Å². The fraction of sp³-hybridized carbons (Fsp3) is 0.538. The number of aliphatic hydroxyl groups is 1. The highest BCUT2D eigenvalue weighted by atomic mass is 35.5. The van der Waals surface area contributed by atoms with E-state index in [0.29, 0.717) is 0 Å². The lowest BCUT2D eigenvalue weighted by molar-refractivity contribution is 0.218. The van der Waals surface area contributed by atoms with Crippen molar-refractivity contribution in [3.05, 3.63) is 34.3 Å². The summed E-state index contributed by atoms with van der Waals surface area (Å²) in [4.78, 5) is 0. The largest absolute Gasteiger partial charge is 0.395 e. The van der Waals surface area contributed by atoms with E-state index in [4.69, 9.17) is 11.6 Å². The van der Waals surface area contributed by atoms with Gasteiger partial charge in [0.25, 0.3) is 0 Å². The molecule has 0 fully saturated rings. The molecule has 1 nitrogen and oxygen atoms in total. The summed E-state index contributed by atoms with van der Waals surface area (Å²) in [5.74, 6) is 0. The second-order valence-corrected chi connectivity index (χ2v) is 5.01. The molecule has 15 heavy (non-hydrogen) atoms. The third-order valence-electron chi connectivity index (χ3n) is 2.75. The maximum atomic E-state index is 9.27. The van der Waals surface area contributed by atoms with Crippen molar-refractivity contribution in [2.75, 3.05) is 6.61 Å². The number of hydrogen-bond donors (Lipinski definition) is 1. The molecule has 2 heteroatoms. The highest BCUT2D eigenvalue weighted by Gasteiger charge is 2.19. The molecule has 0 aromatic heterocycles. The van der Waals surface area contributed by atoms with E-state index < -0.39 is 0 Å². The van der Waals surface area contributed by atoms with Gasteiger partial charge in [-0.15, -0.1) is 0 Å². The van der Waals surface area contributed by atoms with Crippen LogP contribution in [0, 0.1) is 0 Å². The third kappa shape index (κ3) is 2.96. The van der Waals surface area contributed by atoms with Crippen LogP contribution < -0.4 is 0 Å². The number of benzene rings is 1. The van der Waals surface area contributed by atoms with Gasteiger partial charge in [0, 0.05) is 10.4 Å². The van der Waals surface area contributed by atoms with Crippen LogP contribution in [0.5, 0.6) is 0 Å². The van der Waals surface area contributed by atoms with Gasteiger partial charge >= 0.3 is 0 Å². The molecule has 0 aliphatic rings. The van der Waals surface area contributed by atoms with Gasteiger partial charge in [-0.3, -0.25) is 0 Å². The van der Waals surface area contributed by atoms with Gasteiger partial charge in [-0.25, -0.2) is 0 Å². The summed E-state index contributed by atoms with van der Waals surface area (Å²) in [5.41, 5.74) is 2.07. The minimum Gasteiger partial charge on any atom is -0.395 e. The van der Waals surface area contributed by atoms with E-state index in [9.17, 15) is 5.11 Å². The Bertz CT molecular complexity index is 331. The number of aryl methyl sites for hydroxylation is 1. The first-order valence-electron chi connectivity index (χ1n) is 5.41. The normalized spacial score (nSPS) is 11.8. The van der Waals surface area contributed by atoms with Crippen LogP contribution in [-0.2, 0) is 11.8 Å². The molecule has 0 unspecified atom stereocenters. The van der Waals surface area contributed by atoms with E-state index in [2.05, 4.69) is 19.1 Å². The van der Waals surface area contributed by atoms with Crippen molar-refractivity contribution in [3.63, 3.8) is 0 Å². The van der Waals surface area contributed by atoms with Gasteiger partial charge in [-0.1, -0.05) is 50.9 Å². The van der Waals surface area contributed by atoms with Crippen LogP contribution in [0.25, 0.3) is 0 Å². The average Bonchev–Trinajstić information content (AvgIpc) is 2.21. The Morgan fingerprint density at radius 1 is 1.33 bits per heavy atom. The molecule has 0 atom stereocenters. The van der Waals surface area contributed by atoms with E-state index in [1.165, 1.54) is 5.56 Å². The van der Waals surface area contributed by atoms with E-state index in [1.807, 2.05) is 19.9 Å². The molecule has 0 heterocycles. The summed E-state index contributed by atoms with van der Waals surface area (Å²) < 4.78 is 0. The Hall–Kier alpha value is -0.530. The lowest BCUT2D eigenvalue weighted by Crippen LogP contribution is -2.22. The molecular weight excluding hydrogens is 208 g/mol. The monoisotopic (exact) mass is 226 g/mol. The van der Waals surface area contributed by atoms with E-state index in [1.54, 1.807) is 0 Å². The molecule has 0 aliphatic heterocycles. The molecule has 1 N–H and O–H groups in total. The quantitative estimate of drug-likeness (QED) is 0.833. The van der Waals surface area contributed by atoms with E-state index in [0.717, 1.165) is 23.4 Å². The lowest BCUT2D eigenvalue weighted by Gasteiger charge is -2.23. The van der Waals surface area contributed by atoms with Crippen molar-refractivity contribution in [2.24, 2.45) is 0 Å². The summed E-state index contributed by atoms with van der Waals surface area (Å²) in [6.45, 7) is 6.30. The predicted octanol–water partition coefficient (Wildman–Crippen LogP) is 3.56. The van der Waals surface area contributed by atoms with Crippen molar-refractivity contribution >= 4 is 11.6 Å². The highest BCUT2D eigenvalue weighted by molar-refractivity contribution is 6.31. The molecule has 1 aromatic carbocycles. The second kappa shape index (κ2) is 5.00. The maximum absolute atomic E-state index is 9.27.